The molecule has 0 unspecified atom stereocenters. The van der Waals surface area contributed by atoms with Crippen molar-refractivity contribution < 1.29 is 33.5 Å². The molecule has 1 fully saturated rings. The van der Waals surface area contributed by atoms with Crippen molar-refractivity contribution in [2.45, 2.75) is 31.3 Å². The number of aliphatic hydroxyl groups is 1. The van der Waals surface area contributed by atoms with E-state index in [9.17, 15) is 14.5 Å². The molecule has 0 aromatic carbocycles. The molecule has 5 N–H and O–H groups in total. The van der Waals surface area contributed by atoms with Gasteiger partial charge in [0.1, 0.15) is 17.8 Å². The van der Waals surface area contributed by atoms with Gasteiger partial charge >= 0.3 is 7.82 Å². The number of imidazole rings is 1. The van der Waals surface area contributed by atoms with Gasteiger partial charge < -0.3 is 25.4 Å². The molecule has 143 valence electrons. The summed E-state index contributed by atoms with van der Waals surface area (Å²) in [6.45, 7) is 0.445. The van der Waals surface area contributed by atoms with Crippen LogP contribution in [0.4, 0.5) is 5.82 Å². The number of phosphoric ester groups is 1. The SMILES string of the molecule is CC(=O)[C@]1(O)C[C@H](n2cnc3c(N)nc(Cl)nc32)O[C@@H]1COP(=O)(O)O.[Na]. The van der Waals surface area contributed by atoms with Crippen LogP contribution >= 0.6 is 19.4 Å². The third kappa shape index (κ3) is 4.51. The number of carbonyl (C=O) groups is 1. The molecule has 1 radical (unpaired) electrons. The second kappa shape index (κ2) is 7.99. The minimum Gasteiger partial charge on any atom is -0.382 e. The van der Waals surface area contributed by atoms with Gasteiger partial charge in [0.2, 0.25) is 5.28 Å². The van der Waals surface area contributed by atoms with E-state index >= 15 is 0 Å². The molecule has 2 aromatic heterocycles. The molecule has 1 aliphatic rings. The van der Waals surface area contributed by atoms with Crippen LogP contribution in [0.1, 0.15) is 19.6 Å². The van der Waals surface area contributed by atoms with Crippen LogP contribution in [-0.4, -0.2) is 88.1 Å². The number of Topliss-reactive ketones (excluding diaryl/α,β-unsaturated/α-hetero) is 1. The number of hydrogen-bond donors (Lipinski definition) is 4. The van der Waals surface area contributed by atoms with Crippen LogP contribution in [0.25, 0.3) is 11.2 Å². The molecule has 3 rings (SSSR count). The monoisotopic (exact) mass is 430 g/mol. The van der Waals surface area contributed by atoms with E-state index in [1.54, 1.807) is 0 Å². The van der Waals surface area contributed by atoms with E-state index in [0.717, 1.165) is 6.92 Å². The molecule has 1 aliphatic heterocycles. The third-order valence-electron chi connectivity index (χ3n) is 4.07. The molecule has 0 aliphatic carbocycles. The van der Waals surface area contributed by atoms with Crippen LogP contribution in [0.2, 0.25) is 5.28 Å². The largest absolute Gasteiger partial charge is 0.469 e. The maximum Gasteiger partial charge on any atom is 0.469 e. The Labute approximate surface area is 179 Å². The molecule has 0 amide bonds. The molecule has 3 atom stereocenters. The van der Waals surface area contributed by atoms with Crippen molar-refractivity contribution in [1.82, 2.24) is 19.5 Å². The van der Waals surface area contributed by atoms with Gasteiger partial charge in [-0.1, -0.05) is 0 Å². The Morgan fingerprint density at radius 1 is 1.56 bits per heavy atom. The summed E-state index contributed by atoms with van der Waals surface area (Å²) in [6, 6.07) is 0. The number of aromatic nitrogens is 4. The molecular weight excluding hydrogens is 416 g/mol. The zero-order valence-electron chi connectivity index (χ0n) is 14.3. The molecule has 27 heavy (non-hydrogen) atoms. The zero-order chi connectivity index (χ0) is 19.3. The summed E-state index contributed by atoms with van der Waals surface area (Å²) in [5, 5.41) is 10.5. The van der Waals surface area contributed by atoms with Crippen molar-refractivity contribution in [2.24, 2.45) is 0 Å². The number of anilines is 1. The first-order valence-corrected chi connectivity index (χ1v) is 9.16. The van der Waals surface area contributed by atoms with E-state index < -0.39 is 38.1 Å². The molecular formula is C12H15ClN5NaO7P. The van der Waals surface area contributed by atoms with Crippen molar-refractivity contribution >= 4 is 71.7 Å². The van der Waals surface area contributed by atoms with Gasteiger partial charge in [-0.2, -0.15) is 9.97 Å². The number of hydrogen-bond acceptors (Lipinski definition) is 9. The Kier molecular flexibility index (Phi) is 6.70. The van der Waals surface area contributed by atoms with E-state index in [1.165, 1.54) is 10.9 Å². The molecule has 0 saturated carbocycles. The van der Waals surface area contributed by atoms with Gasteiger partial charge in [0.05, 0.1) is 12.9 Å². The Hall–Kier alpha value is -0.660. The van der Waals surface area contributed by atoms with E-state index in [-0.39, 0.29) is 58.2 Å². The summed E-state index contributed by atoms with van der Waals surface area (Å²) in [4.78, 5) is 41.5. The van der Waals surface area contributed by atoms with Gasteiger partial charge in [-0.05, 0) is 18.5 Å². The van der Waals surface area contributed by atoms with Crippen molar-refractivity contribution in [3.63, 3.8) is 0 Å². The standard InChI is InChI=1S/C12H15ClN5O7P.Na/c1-5(19)12(20)2-7(25-6(12)3-24-26(21,22)23)18-4-15-8-9(14)16-11(13)17-10(8)18;/h4,6-7,20H,2-3H2,1H3,(H2,14,16,17)(H2,21,22,23);/t6-,7-,12-;/m1./s1. The zero-order valence-corrected chi connectivity index (χ0v) is 18.0. The van der Waals surface area contributed by atoms with E-state index in [0.29, 0.717) is 0 Å². The third-order valence-corrected chi connectivity index (χ3v) is 4.73. The smallest absolute Gasteiger partial charge is 0.382 e. The number of nitrogens with two attached hydrogens (primary N) is 1. The number of carbonyl (C=O) groups excluding carboxylic acids is 1. The predicted octanol–water partition coefficient (Wildman–Crippen LogP) is -0.602. The second-order valence-corrected chi connectivity index (χ2v) is 7.33. The van der Waals surface area contributed by atoms with Gasteiger partial charge in [-0.15, -0.1) is 0 Å². The molecule has 2 aromatic rings. The van der Waals surface area contributed by atoms with Crippen molar-refractivity contribution in [2.75, 3.05) is 12.3 Å². The normalized spacial score (nSPS) is 25.5. The molecule has 15 heteroatoms. The van der Waals surface area contributed by atoms with Crippen molar-refractivity contribution in [1.29, 1.82) is 0 Å². The number of nitrogens with zero attached hydrogens (tertiary/aromatic N) is 4. The Balaban J connectivity index is 0.00000261. The van der Waals surface area contributed by atoms with Crippen LogP contribution in [0, 0.1) is 0 Å². The van der Waals surface area contributed by atoms with Crippen LogP contribution < -0.4 is 5.73 Å². The van der Waals surface area contributed by atoms with Gasteiger partial charge in [0.25, 0.3) is 0 Å². The summed E-state index contributed by atoms with van der Waals surface area (Å²) >= 11 is 5.80. The maximum absolute atomic E-state index is 11.9. The van der Waals surface area contributed by atoms with Crippen LogP contribution in [-0.2, 0) is 18.6 Å². The van der Waals surface area contributed by atoms with Gasteiger partial charge in [0, 0.05) is 36.0 Å². The summed E-state index contributed by atoms with van der Waals surface area (Å²) < 4.78 is 22.3. The fourth-order valence-corrected chi connectivity index (χ4v) is 3.25. The first-order valence-electron chi connectivity index (χ1n) is 7.26. The van der Waals surface area contributed by atoms with Crippen LogP contribution in [0.5, 0.6) is 0 Å². The topological polar surface area (TPSA) is 183 Å². The van der Waals surface area contributed by atoms with Crippen molar-refractivity contribution in [3.05, 3.63) is 11.6 Å². The summed E-state index contributed by atoms with van der Waals surface area (Å²) in [5.41, 5.74) is 4.18. The molecule has 0 bridgehead atoms. The summed E-state index contributed by atoms with van der Waals surface area (Å²) in [6.07, 6.45) is -1.14. The second-order valence-electron chi connectivity index (χ2n) is 5.75. The fourth-order valence-electron chi connectivity index (χ4n) is 2.75. The average molecular weight is 431 g/mol. The minimum absolute atomic E-state index is 0. The van der Waals surface area contributed by atoms with Gasteiger partial charge in [-0.25, -0.2) is 9.55 Å². The van der Waals surface area contributed by atoms with E-state index in [2.05, 4.69) is 19.5 Å². The van der Waals surface area contributed by atoms with E-state index in [4.69, 9.17) is 31.9 Å². The number of nitrogen functional groups attached to an aromatic ring is 1. The van der Waals surface area contributed by atoms with Crippen molar-refractivity contribution in [3.8, 4) is 0 Å². The Morgan fingerprint density at radius 2 is 2.22 bits per heavy atom. The summed E-state index contributed by atoms with van der Waals surface area (Å²) in [7, 11) is -4.81. The first kappa shape index (κ1) is 22.6. The minimum atomic E-state index is -4.81. The number of ether oxygens (including phenoxy) is 1. The Morgan fingerprint density at radius 3 is 2.81 bits per heavy atom. The molecule has 3 heterocycles. The number of halogens is 1. The van der Waals surface area contributed by atoms with Crippen LogP contribution in [0.15, 0.2) is 6.33 Å². The number of ketones is 1. The average Bonchev–Trinajstić information content (AvgIpc) is 3.06. The molecule has 1 saturated heterocycles. The Bertz CT molecular complexity index is 923. The number of fused-ring (bicyclic) bond motifs is 1. The quantitative estimate of drug-likeness (QED) is 0.270. The first-order chi connectivity index (χ1) is 12.0. The van der Waals surface area contributed by atoms with Gasteiger partial charge in [0.15, 0.2) is 22.8 Å². The number of phosphoric acid groups is 1. The predicted molar refractivity (Wildman–Crippen MR) is 92.7 cm³/mol. The van der Waals surface area contributed by atoms with Gasteiger partial charge in [-0.3, -0.25) is 13.9 Å². The fraction of sp³-hybridized carbons (Fsp3) is 0.500. The molecule has 12 nitrogen and oxygen atoms in total. The molecule has 0 spiro atoms. The summed E-state index contributed by atoms with van der Waals surface area (Å²) in [5.74, 6) is -0.601. The number of rotatable bonds is 5. The maximum atomic E-state index is 11.9. The van der Waals surface area contributed by atoms with Crippen LogP contribution in [0.3, 0.4) is 0 Å². The van der Waals surface area contributed by atoms with E-state index in [1.807, 2.05) is 0 Å².